The number of hydrogen-bond acceptors (Lipinski definition) is 6. The Kier molecular flexibility index (Phi) is 5.45. The van der Waals surface area contributed by atoms with Crippen LogP contribution in [0.2, 0.25) is 0 Å². The van der Waals surface area contributed by atoms with E-state index in [2.05, 4.69) is 35.0 Å². The molecule has 0 aromatic carbocycles. The lowest BCUT2D eigenvalue weighted by Gasteiger charge is -2.45. The lowest BCUT2D eigenvalue weighted by Crippen LogP contribution is -2.61. The van der Waals surface area contributed by atoms with E-state index in [0.717, 1.165) is 18.7 Å². The SMILES string of the molecule is Cc1noc(C)c1S(=O)(=O)N1CC(N(Cc2cccnc2)CC(C)C)C1. The fourth-order valence-corrected chi connectivity index (χ4v) is 5.16. The lowest BCUT2D eigenvalue weighted by atomic mass is 10.1. The van der Waals surface area contributed by atoms with E-state index in [1.807, 2.05) is 12.3 Å². The maximum Gasteiger partial charge on any atom is 0.248 e. The number of sulfonamides is 1. The van der Waals surface area contributed by atoms with Crippen LogP contribution in [0.1, 0.15) is 30.9 Å². The van der Waals surface area contributed by atoms with E-state index < -0.39 is 10.0 Å². The Bertz CT molecular complexity index is 823. The maximum absolute atomic E-state index is 12.9. The third-order valence-corrected chi connectivity index (χ3v) is 6.70. The van der Waals surface area contributed by atoms with Gasteiger partial charge in [-0.25, -0.2) is 8.42 Å². The summed E-state index contributed by atoms with van der Waals surface area (Å²) in [7, 11) is -3.55. The molecule has 0 N–H and O–H groups in total. The van der Waals surface area contributed by atoms with Crippen LogP contribution in [0, 0.1) is 19.8 Å². The van der Waals surface area contributed by atoms with Gasteiger partial charge < -0.3 is 4.52 Å². The van der Waals surface area contributed by atoms with E-state index in [1.54, 1.807) is 20.0 Å². The third kappa shape index (κ3) is 3.82. The number of hydrogen-bond donors (Lipinski definition) is 0. The van der Waals surface area contributed by atoms with Crippen LogP contribution >= 0.6 is 0 Å². The van der Waals surface area contributed by atoms with Crippen molar-refractivity contribution in [2.75, 3.05) is 19.6 Å². The van der Waals surface area contributed by atoms with Crippen molar-refractivity contribution in [3.63, 3.8) is 0 Å². The normalized spacial score (nSPS) is 16.4. The average Bonchev–Trinajstić information content (AvgIpc) is 2.85. The Hall–Kier alpha value is -1.77. The highest BCUT2D eigenvalue weighted by Gasteiger charge is 2.42. The Labute approximate surface area is 155 Å². The highest BCUT2D eigenvalue weighted by atomic mass is 32.2. The highest BCUT2D eigenvalue weighted by Crippen LogP contribution is 2.29. The third-order valence-electron chi connectivity index (χ3n) is 4.62. The second-order valence-electron chi connectivity index (χ2n) is 7.31. The van der Waals surface area contributed by atoms with Crippen molar-refractivity contribution in [1.82, 2.24) is 19.3 Å². The molecule has 0 bridgehead atoms. The molecule has 0 saturated carbocycles. The average molecular weight is 378 g/mol. The molecule has 8 heteroatoms. The first-order valence-electron chi connectivity index (χ1n) is 8.85. The minimum absolute atomic E-state index is 0.202. The first-order valence-corrected chi connectivity index (χ1v) is 10.3. The van der Waals surface area contributed by atoms with Crippen LogP contribution in [0.3, 0.4) is 0 Å². The summed E-state index contributed by atoms with van der Waals surface area (Å²) in [4.78, 5) is 6.73. The van der Waals surface area contributed by atoms with Crippen LogP contribution in [0.4, 0.5) is 0 Å². The second-order valence-corrected chi connectivity index (χ2v) is 9.19. The topological polar surface area (TPSA) is 79.5 Å². The molecular weight excluding hydrogens is 352 g/mol. The molecule has 1 saturated heterocycles. The molecule has 1 fully saturated rings. The second kappa shape index (κ2) is 7.46. The molecule has 3 heterocycles. The monoisotopic (exact) mass is 378 g/mol. The van der Waals surface area contributed by atoms with E-state index in [4.69, 9.17) is 4.52 Å². The number of aryl methyl sites for hydroxylation is 2. The first kappa shape index (κ1) is 19.0. The summed E-state index contributed by atoms with van der Waals surface area (Å²) in [6.45, 7) is 10.3. The van der Waals surface area contributed by atoms with Gasteiger partial charge in [0.1, 0.15) is 10.6 Å². The number of rotatable bonds is 7. The van der Waals surface area contributed by atoms with Gasteiger partial charge in [-0.05, 0) is 31.4 Å². The summed E-state index contributed by atoms with van der Waals surface area (Å²) in [6, 6.07) is 4.18. The number of aromatic nitrogens is 2. The summed E-state index contributed by atoms with van der Waals surface area (Å²) in [6.07, 6.45) is 3.63. The highest BCUT2D eigenvalue weighted by molar-refractivity contribution is 7.89. The molecule has 2 aromatic rings. The van der Waals surface area contributed by atoms with Gasteiger partial charge in [-0.3, -0.25) is 9.88 Å². The Morgan fingerprint density at radius 3 is 2.62 bits per heavy atom. The molecule has 0 atom stereocenters. The quantitative estimate of drug-likeness (QED) is 0.735. The van der Waals surface area contributed by atoms with Crippen molar-refractivity contribution >= 4 is 10.0 Å². The van der Waals surface area contributed by atoms with E-state index in [9.17, 15) is 8.42 Å². The van der Waals surface area contributed by atoms with Crippen LogP contribution in [0.25, 0.3) is 0 Å². The van der Waals surface area contributed by atoms with Crippen molar-refractivity contribution in [3.05, 3.63) is 41.5 Å². The molecule has 142 valence electrons. The van der Waals surface area contributed by atoms with Crippen LogP contribution < -0.4 is 0 Å². The van der Waals surface area contributed by atoms with Crippen LogP contribution in [-0.2, 0) is 16.6 Å². The van der Waals surface area contributed by atoms with Gasteiger partial charge in [0.25, 0.3) is 0 Å². The first-order chi connectivity index (χ1) is 12.3. The zero-order chi connectivity index (χ0) is 18.9. The van der Waals surface area contributed by atoms with Crippen molar-refractivity contribution in [2.45, 2.75) is 45.2 Å². The summed E-state index contributed by atoms with van der Waals surface area (Å²) in [5.74, 6) is 0.847. The van der Waals surface area contributed by atoms with E-state index in [1.165, 1.54) is 4.31 Å². The summed E-state index contributed by atoms with van der Waals surface area (Å²) >= 11 is 0. The van der Waals surface area contributed by atoms with E-state index >= 15 is 0 Å². The molecule has 0 aliphatic carbocycles. The van der Waals surface area contributed by atoms with Gasteiger partial charge in [0.15, 0.2) is 5.76 Å². The smallest absolute Gasteiger partial charge is 0.248 e. The van der Waals surface area contributed by atoms with Gasteiger partial charge >= 0.3 is 0 Å². The summed E-state index contributed by atoms with van der Waals surface area (Å²) in [5.41, 5.74) is 1.56. The van der Waals surface area contributed by atoms with Gasteiger partial charge in [-0.2, -0.15) is 4.31 Å². The minimum atomic E-state index is -3.55. The molecule has 7 nitrogen and oxygen atoms in total. The van der Waals surface area contributed by atoms with E-state index in [0.29, 0.717) is 30.5 Å². The largest absolute Gasteiger partial charge is 0.360 e. The zero-order valence-corrected chi connectivity index (χ0v) is 16.5. The van der Waals surface area contributed by atoms with Crippen LogP contribution in [0.15, 0.2) is 33.9 Å². The van der Waals surface area contributed by atoms with Crippen molar-refractivity contribution in [2.24, 2.45) is 5.92 Å². The van der Waals surface area contributed by atoms with E-state index in [-0.39, 0.29) is 10.9 Å². The van der Waals surface area contributed by atoms with Gasteiger partial charge in [-0.1, -0.05) is 25.1 Å². The predicted molar refractivity (Wildman–Crippen MR) is 98.0 cm³/mol. The lowest BCUT2D eigenvalue weighted by molar-refractivity contribution is 0.0711. The van der Waals surface area contributed by atoms with Gasteiger partial charge in [0.2, 0.25) is 10.0 Å². The predicted octanol–water partition coefficient (Wildman–Crippen LogP) is 2.22. The van der Waals surface area contributed by atoms with Gasteiger partial charge in [0, 0.05) is 44.6 Å². The summed E-state index contributed by atoms with van der Waals surface area (Å²) < 4.78 is 32.3. The summed E-state index contributed by atoms with van der Waals surface area (Å²) in [5, 5.41) is 3.77. The molecule has 3 rings (SSSR count). The van der Waals surface area contributed by atoms with Crippen LogP contribution in [0.5, 0.6) is 0 Å². The standard InChI is InChI=1S/C18H26N4O3S/c1-13(2)9-21(10-16-6-5-7-19-8-16)17-11-22(12-17)26(23,24)18-14(3)20-25-15(18)4/h5-8,13,17H,9-12H2,1-4H3. The van der Waals surface area contributed by atoms with Gasteiger partial charge in [-0.15, -0.1) is 0 Å². The molecule has 0 unspecified atom stereocenters. The molecule has 1 aliphatic rings. The molecule has 2 aromatic heterocycles. The maximum atomic E-state index is 12.9. The van der Waals surface area contributed by atoms with Crippen molar-refractivity contribution < 1.29 is 12.9 Å². The fraction of sp³-hybridized carbons (Fsp3) is 0.556. The Morgan fingerprint density at radius 1 is 1.35 bits per heavy atom. The van der Waals surface area contributed by atoms with Gasteiger partial charge in [0.05, 0.1) is 0 Å². The molecule has 26 heavy (non-hydrogen) atoms. The Balaban J connectivity index is 1.71. The van der Waals surface area contributed by atoms with Crippen LogP contribution in [-0.4, -0.2) is 53.4 Å². The minimum Gasteiger partial charge on any atom is -0.360 e. The Morgan fingerprint density at radius 2 is 2.08 bits per heavy atom. The molecule has 0 spiro atoms. The zero-order valence-electron chi connectivity index (χ0n) is 15.7. The molecule has 0 radical (unpaired) electrons. The fourth-order valence-electron chi connectivity index (χ4n) is 3.35. The molecule has 0 amide bonds. The van der Waals surface area contributed by atoms with Crippen molar-refractivity contribution in [3.8, 4) is 0 Å². The number of pyridine rings is 1. The van der Waals surface area contributed by atoms with Crippen molar-refractivity contribution in [1.29, 1.82) is 0 Å². The molecule has 1 aliphatic heterocycles. The number of nitrogens with zero attached hydrogens (tertiary/aromatic N) is 4. The molecular formula is C18H26N4O3S.